The predicted molar refractivity (Wildman–Crippen MR) is 108 cm³/mol. The van der Waals surface area contributed by atoms with Crippen LogP contribution in [0.4, 0.5) is 5.69 Å². The highest BCUT2D eigenvalue weighted by atomic mass is 16.5. The van der Waals surface area contributed by atoms with Crippen molar-refractivity contribution in [1.29, 1.82) is 0 Å². The molecular formula is C22H27N2O5+. The van der Waals surface area contributed by atoms with Crippen molar-refractivity contribution < 1.29 is 29.1 Å². The molecule has 7 nitrogen and oxygen atoms in total. The van der Waals surface area contributed by atoms with Gasteiger partial charge in [0.2, 0.25) is 5.91 Å². The summed E-state index contributed by atoms with van der Waals surface area (Å²) in [4.78, 5) is 26.5. The Bertz CT molecular complexity index is 866. The number of quaternary nitrogens is 1. The van der Waals surface area contributed by atoms with Gasteiger partial charge in [0.1, 0.15) is 12.3 Å². The van der Waals surface area contributed by atoms with Crippen LogP contribution in [0.2, 0.25) is 0 Å². The number of amides is 2. The maximum absolute atomic E-state index is 12.8. The van der Waals surface area contributed by atoms with Crippen LogP contribution in [0.15, 0.2) is 42.5 Å². The summed E-state index contributed by atoms with van der Waals surface area (Å²) in [6, 6.07) is 12.3. The monoisotopic (exact) mass is 399 g/mol. The summed E-state index contributed by atoms with van der Waals surface area (Å²) in [7, 11) is 3.17. The third-order valence-electron chi connectivity index (χ3n) is 4.84. The van der Waals surface area contributed by atoms with Gasteiger partial charge < -0.3 is 19.5 Å². The van der Waals surface area contributed by atoms with E-state index in [0.717, 1.165) is 17.7 Å². The molecule has 3 rings (SSSR count). The topological polar surface area (TPSA) is 81.7 Å². The number of carbonyl (C=O) groups is 2. The molecule has 0 aliphatic carbocycles. The lowest BCUT2D eigenvalue weighted by Crippen LogP contribution is -2.90. The molecule has 0 spiro atoms. The molecule has 0 saturated carbocycles. The molecular weight excluding hydrogens is 372 g/mol. The van der Waals surface area contributed by atoms with Gasteiger partial charge in [-0.25, -0.2) is 4.90 Å². The molecule has 1 fully saturated rings. The molecule has 29 heavy (non-hydrogen) atoms. The van der Waals surface area contributed by atoms with E-state index in [9.17, 15) is 9.59 Å². The van der Waals surface area contributed by atoms with Crippen LogP contribution in [-0.2, 0) is 16.1 Å². The molecule has 2 N–H and O–H groups in total. The lowest BCUT2D eigenvalue weighted by molar-refractivity contribution is -0.690. The summed E-state index contributed by atoms with van der Waals surface area (Å²) in [6.07, 6.45) is 1.10. The summed E-state index contributed by atoms with van der Waals surface area (Å²) in [5.41, 5.74) is 1.56. The second-order valence-corrected chi connectivity index (χ2v) is 6.85. The number of hydrogen-bond donors (Lipinski definition) is 1. The number of imide groups is 1. The Morgan fingerprint density at radius 2 is 1.76 bits per heavy atom. The van der Waals surface area contributed by atoms with E-state index in [2.05, 4.69) is 0 Å². The fraction of sp³-hybridized carbons (Fsp3) is 0.364. The highest BCUT2D eigenvalue weighted by Gasteiger charge is 2.42. The van der Waals surface area contributed by atoms with E-state index in [0.29, 0.717) is 30.3 Å². The quantitative estimate of drug-likeness (QED) is 0.651. The van der Waals surface area contributed by atoms with E-state index in [1.165, 1.54) is 4.90 Å². The van der Waals surface area contributed by atoms with E-state index in [1.807, 2.05) is 30.4 Å². The third-order valence-corrected chi connectivity index (χ3v) is 4.84. The summed E-state index contributed by atoms with van der Waals surface area (Å²) >= 11 is 0. The van der Waals surface area contributed by atoms with E-state index in [1.54, 1.807) is 38.5 Å². The van der Waals surface area contributed by atoms with E-state index < -0.39 is 6.04 Å². The summed E-state index contributed by atoms with van der Waals surface area (Å²) in [5, 5.41) is 1.89. The second-order valence-electron chi connectivity index (χ2n) is 6.85. The fourth-order valence-electron chi connectivity index (χ4n) is 3.31. The van der Waals surface area contributed by atoms with Crippen molar-refractivity contribution in [2.75, 3.05) is 25.7 Å². The zero-order valence-corrected chi connectivity index (χ0v) is 17.0. The standard InChI is InChI=1S/C22H26N2O5/c1-4-11-29-17-8-6-16(7-9-17)24-21(25)13-18(22(24)26)23-14-15-5-10-19(27-2)20(12-15)28-3/h5-10,12,18,23H,4,11,13-14H2,1-3H3/p+1/t18-/m1/s1. The Kier molecular flexibility index (Phi) is 6.72. The van der Waals surface area contributed by atoms with Crippen LogP contribution in [-0.4, -0.2) is 38.7 Å². The first-order valence-corrected chi connectivity index (χ1v) is 9.71. The fourth-order valence-corrected chi connectivity index (χ4v) is 3.31. The van der Waals surface area contributed by atoms with Crippen LogP contribution in [0.5, 0.6) is 17.2 Å². The molecule has 1 atom stereocenters. The van der Waals surface area contributed by atoms with Gasteiger partial charge in [0.15, 0.2) is 17.5 Å². The maximum atomic E-state index is 12.8. The van der Waals surface area contributed by atoms with Crippen LogP contribution in [0, 0.1) is 0 Å². The normalized spacial score (nSPS) is 16.2. The Morgan fingerprint density at radius 3 is 2.41 bits per heavy atom. The van der Waals surface area contributed by atoms with Crippen molar-refractivity contribution in [1.82, 2.24) is 0 Å². The lowest BCUT2D eigenvalue weighted by Gasteiger charge is -2.15. The second kappa shape index (κ2) is 9.43. The first-order chi connectivity index (χ1) is 14.1. The lowest BCUT2D eigenvalue weighted by atomic mass is 10.1. The van der Waals surface area contributed by atoms with Crippen molar-refractivity contribution >= 4 is 17.5 Å². The predicted octanol–water partition coefficient (Wildman–Crippen LogP) is 1.89. The highest BCUT2D eigenvalue weighted by molar-refractivity contribution is 6.21. The number of methoxy groups -OCH3 is 2. The molecule has 1 heterocycles. The molecule has 0 bridgehead atoms. The summed E-state index contributed by atoms with van der Waals surface area (Å²) < 4.78 is 16.1. The van der Waals surface area contributed by atoms with Crippen molar-refractivity contribution in [3.8, 4) is 17.2 Å². The number of nitrogens with zero attached hydrogens (tertiary/aromatic N) is 1. The molecule has 1 aliphatic rings. The molecule has 2 amide bonds. The van der Waals surface area contributed by atoms with E-state index >= 15 is 0 Å². The van der Waals surface area contributed by atoms with Gasteiger partial charge >= 0.3 is 0 Å². The van der Waals surface area contributed by atoms with Crippen LogP contribution in [0.3, 0.4) is 0 Å². The van der Waals surface area contributed by atoms with Crippen molar-refractivity contribution in [2.24, 2.45) is 0 Å². The zero-order valence-electron chi connectivity index (χ0n) is 17.0. The van der Waals surface area contributed by atoms with E-state index in [-0.39, 0.29) is 18.2 Å². The highest BCUT2D eigenvalue weighted by Crippen LogP contribution is 2.27. The number of hydrogen-bond acceptors (Lipinski definition) is 5. The van der Waals surface area contributed by atoms with Gasteiger partial charge in [-0.1, -0.05) is 6.92 Å². The minimum atomic E-state index is -0.438. The maximum Gasteiger partial charge on any atom is 0.292 e. The number of anilines is 1. The van der Waals surface area contributed by atoms with Gasteiger partial charge in [0, 0.05) is 5.56 Å². The Hall–Kier alpha value is -3.06. The van der Waals surface area contributed by atoms with Gasteiger partial charge in [-0.3, -0.25) is 9.59 Å². The first kappa shape index (κ1) is 20.7. The SMILES string of the molecule is CCCOc1ccc(N2C(=O)C[C@@H]([NH2+]Cc3ccc(OC)c(OC)c3)C2=O)cc1. The molecule has 2 aromatic rings. The van der Waals surface area contributed by atoms with Crippen molar-refractivity contribution in [3.63, 3.8) is 0 Å². The van der Waals surface area contributed by atoms with Crippen LogP contribution in [0.1, 0.15) is 25.3 Å². The summed E-state index contributed by atoms with van der Waals surface area (Å²) in [6.45, 7) is 3.23. The Balaban J connectivity index is 1.64. The number of ether oxygens (including phenoxy) is 3. The number of carbonyl (C=O) groups excluding carboxylic acids is 2. The average Bonchev–Trinajstić information content (AvgIpc) is 3.04. The van der Waals surface area contributed by atoms with Gasteiger partial charge in [-0.15, -0.1) is 0 Å². The molecule has 1 saturated heterocycles. The molecule has 2 aromatic carbocycles. The minimum absolute atomic E-state index is 0.181. The van der Waals surface area contributed by atoms with Gasteiger partial charge in [0.05, 0.1) is 32.9 Å². The average molecular weight is 399 g/mol. The Labute approximate surface area is 170 Å². The number of nitrogens with two attached hydrogens (primary N) is 1. The molecule has 0 radical (unpaired) electrons. The van der Waals surface area contributed by atoms with Gasteiger partial charge in [-0.05, 0) is 48.9 Å². The van der Waals surface area contributed by atoms with Crippen molar-refractivity contribution in [2.45, 2.75) is 32.4 Å². The first-order valence-electron chi connectivity index (χ1n) is 9.71. The molecule has 154 valence electrons. The molecule has 0 aromatic heterocycles. The Morgan fingerprint density at radius 1 is 1.03 bits per heavy atom. The number of rotatable bonds is 9. The van der Waals surface area contributed by atoms with Crippen molar-refractivity contribution in [3.05, 3.63) is 48.0 Å². The van der Waals surface area contributed by atoms with Gasteiger partial charge in [0.25, 0.3) is 5.91 Å². The summed E-state index contributed by atoms with van der Waals surface area (Å²) in [5.74, 6) is 1.63. The van der Waals surface area contributed by atoms with Crippen LogP contribution in [0.25, 0.3) is 0 Å². The third kappa shape index (κ3) is 4.68. The van der Waals surface area contributed by atoms with Crippen LogP contribution >= 0.6 is 0 Å². The van der Waals surface area contributed by atoms with Crippen LogP contribution < -0.4 is 24.4 Å². The zero-order chi connectivity index (χ0) is 20.8. The van der Waals surface area contributed by atoms with Gasteiger partial charge in [-0.2, -0.15) is 0 Å². The number of benzene rings is 2. The minimum Gasteiger partial charge on any atom is -0.494 e. The molecule has 1 aliphatic heterocycles. The van der Waals surface area contributed by atoms with E-state index in [4.69, 9.17) is 14.2 Å². The molecule has 0 unspecified atom stereocenters. The largest absolute Gasteiger partial charge is 0.494 e. The smallest absolute Gasteiger partial charge is 0.292 e. The molecule has 7 heteroatoms.